The van der Waals surface area contributed by atoms with Gasteiger partial charge in [0.2, 0.25) is 5.56 Å². The molecule has 90 valence electrons. The van der Waals surface area contributed by atoms with E-state index in [4.69, 9.17) is 0 Å². The molecule has 0 saturated heterocycles. The molecule has 0 fully saturated rings. The van der Waals surface area contributed by atoms with Crippen molar-refractivity contribution in [3.8, 4) is 11.1 Å². The Morgan fingerprint density at radius 3 is 2.28 bits per heavy atom. The first kappa shape index (κ1) is 12.1. The second kappa shape index (κ2) is 4.85. The summed E-state index contributed by atoms with van der Waals surface area (Å²) in [6, 6.07) is 19.5. The van der Waals surface area contributed by atoms with Gasteiger partial charge >= 0.3 is 0 Å². The van der Waals surface area contributed by atoms with Crippen LogP contribution in [0.3, 0.4) is 0 Å². The first-order valence-corrected chi connectivity index (χ1v) is 5.52. The van der Waals surface area contributed by atoms with Crippen LogP contribution < -0.4 is 5.56 Å². The molecule has 0 aliphatic carbocycles. The minimum absolute atomic E-state index is 0. The standard InChI is InChI=1S/C15H11NO.H2O/c17-15-10-13(11-6-2-1-3-7-11)12-8-4-5-9-14(12)16-15;/h1-10H,(H,16,17);1H2. The van der Waals surface area contributed by atoms with Gasteiger partial charge in [-0.05, 0) is 17.2 Å². The van der Waals surface area contributed by atoms with Crippen molar-refractivity contribution in [2.45, 2.75) is 0 Å². The molecule has 0 aliphatic heterocycles. The monoisotopic (exact) mass is 239 g/mol. The summed E-state index contributed by atoms with van der Waals surface area (Å²) in [5.41, 5.74) is 2.85. The minimum Gasteiger partial charge on any atom is -0.412 e. The molecule has 0 unspecified atom stereocenters. The molecule has 0 aliphatic rings. The van der Waals surface area contributed by atoms with Crippen LogP contribution in [-0.2, 0) is 0 Å². The van der Waals surface area contributed by atoms with Crippen LogP contribution in [0, 0.1) is 0 Å². The highest BCUT2D eigenvalue weighted by Gasteiger charge is 2.04. The zero-order valence-electron chi connectivity index (χ0n) is 9.68. The second-order valence-corrected chi connectivity index (χ2v) is 3.96. The van der Waals surface area contributed by atoms with E-state index in [2.05, 4.69) is 4.98 Å². The van der Waals surface area contributed by atoms with E-state index in [1.54, 1.807) is 6.07 Å². The number of benzene rings is 2. The van der Waals surface area contributed by atoms with E-state index < -0.39 is 0 Å². The van der Waals surface area contributed by atoms with Crippen LogP contribution in [0.25, 0.3) is 22.0 Å². The number of H-pyrrole nitrogens is 1. The van der Waals surface area contributed by atoms with E-state index >= 15 is 0 Å². The highest BCUT2D eigenvalue weighted by Crippen LogP contribution is 2.25. The summed E-state index contributed by atoms with van der Waals surface area (Å²) in [7, 11) is 0. The molecule has 0 bridgehead atoms. The first-order valence-electron chi connectivity index (χ1n) is 5.52. The van der Waals surface area contributed by atoms with E-state index in [-0.39, 0.29) is 11.0 Å². The summed E-state index contributed by atoms with van der Waals surface area (Å²) in [5.74, 6) is 0. The maximum absolute atomic E-state index is 11.6. The zero-order valence-corrected chi connectivity index (χ0v) is 9.68. The van der Waals surface area contributed by atoms with Crippen LogP contribution in [0.4, 0.5) is 0 Å². The molecule has 18 heavy (non-hydrogen) atoms. The Bertz CT molecular complexity index is 717. The van der Waals surface area contributed by atoms with Crippen molar-refractivity contribution in [2.75, 3.05) is 0 Å². The summed E-state index contributed by atoms with van der Waals surface area (Å²) in [5, 5.41) is 1.07. The van der Waals surface area contributed by atoms with Gasteiger partial charge in [-0.25, -0.2) is 0 Å². The van der Waals surface area contributed by atoms with Gasteiger partial charge in [-0.2, -0.15) is 0 Å². The number of rotatable bonds is 1. The average Bonchev–Trinajstić information content (AvgIpc) is 2.39. The molecule has 0 radical (unpaired) electrons. The van der Waals surface area contributed by atoms with Crippen molar-refractivity contribution in [1.82, 2.24) is 4.98 Å². The fourth-order valence-corrected chi connectivity index (χ4v) is 2.06. The summed E-state index contributed by atoms with van der Waals surface area (Å²) in [6.07, 6.45) is 0. The predicted molar refractivity (Wildman–Crippen MR) is 73.6 cm³/mol. The number of aromatic nitrogens is 1. The Morgan fingerprint density at radius 1 is 0.833 bits per heavy atom. The van der Waals surface area contributed by atoms with Gasteiger partial charge in [-0.3, -0.25) is 4.79 Å². The third kappa shape index (κ3) is 2.04. The predicted octanol–water partition coefficient (Wildman–Crippen LogP) is 2.37. The van der Waals surface area contributed by atoms with Gasteiger partial charge in [-0.15, -0.1) is 0 Å². The Balaban J connectivity index is 0.00000120. The molecule has 1 aromatic heterocycles. The van der Waals surface area contributed by atoms with Crippen LogP contribution >= 0.6 is 0 Å². The van der Waals surface area contributed by atoms with Crippen LogP contribution in [0.2, 0.25) is 0 Å². The molecule has 3 heteroatoms. The number of para-hydroxylation sites is 1. The van der Waals surface area contributed by atoms with Gasteiger partial charge in [0.1, 0.15) is 0 Å². The third-order valence-corrected chi connectivity index (χ3v) is 2.84. The van der Waals surface area contributed by atoms with E-state index in [0.29, 0.717) is 0 Å². The van der Waals surface area contributed by atoms with Gasteiger partial charge in [-0.1, -0.05) is 48.5 Å². The largest absolute Gasteiger partial charge is 0.412 e. The summed E-state index contributed by atoms with van der Waals surface area (Å²) < 4.78 is 0. The van der Waals surface area contributed by atoms with E-state index in [1.165, 1.54) is 0 Å². The van der Waals surface area contributed by atoms with Crippen LogP contribution in [-0.4, -0.2) is 10.5 Å². The Morgan fingerprint density at radius 2 is 1.50 bits per heavy atom. The van der Waals surface area contributed by atoms with E-state index in [0.717, 1.165) is 22.0 Å². The summed E-state index contributed by atoms with van der Waals surface area (Å²) >= 11 is 0. The Hall–Kier alpha value is -2.39. The molecule has 0 atom stereocenters. The normalized spacial score (nSPS) is 10.0. The lowest BCUT2D eigenvalue weighted by Crippen LogP contribution is -2.04. The average molecular weight is 239 g/mol. The molecule has 0 amide bonds. The van der Waals surface area contributed by atoms with Crippen molar-refractivity contribution in [3.05, 3.63) is 71.0 Å². The lowest BCUT2D eigenvalue weighted by molar-refractivity contribution is 0.824. The number of aromatic amines is 1. The van der Waals surface area contributed by atoms with Gasteiger partial charge in [0, 0.05) is 17.0 Å². The molecule has 2 aromatic carbocycles. The summed E-state index contributed by atoms with van der Waals surface area (Å²) in [4.78, 5) is 14.5. The molecule has 3 rings (SSSR count). The lowest BCUT2D eigenvalue weighted by Gasteiger charge is -2.05. The number of pyridine rings is 1. The van der Waals surface area contributed by atoms with Crippen molar-refractivity contribution in [1.29, 1.82) is 0 Å². The molecule has 1 heterocycles. The lowest BCUT2D eigenvalue weighted by atomic mass is 10.0. The highest BCUT2D eigenvalue weighted by atomic mass is 16.1. The van der Waals surface area contributed by atoms with Gasteiger partial charge < -0.3 is 10.5 Å². The molecular formula is C15H13NO2. The second-order valence-electron chi connectivity index (χ2n) is 3.96. The van der Waals surface area contributed by atoms with Crippen molar-refractivity contribution in [3.63, 3.8) is 0 Å². The Labute approximate surface area is 104 Å². The number of hydrogen-bond donors (Lipinski definition) is 1. The fraction of sp³-hybridized carbons (Fsp3) is 0. The van der Waals surface area contributed by atoms with Gasteiger partial charge in [0.25, 0.3) is 0 Å². The van der Waals surface area contributed by atoms with Crippen molar-refractivity contribution in [2.24, 2.45) is 0 Å². The maximum atomic E-state index is 11.6. The first-order chi connectivity index (χ1) is 8.34. The number of hydrogen-bond acceptors (Lipinski definition) is 1. The maximum Gasteiger partial charge on any atom is 0.249 e. The van der Waals surface area contributed by atoms with Crippen molar-refractivity contribution < 1.29 is 5.48 Å². The Kier molecular flexibility index (Phi) is 3.26. The molecule has 0 saturated carbocycles. The SMILES string of the molecule is O.O=c1cc(-c2ccccc2)c2ccccc2[nH]1. The van der Waals surface area contributed by atoms with Crippen LogP contribution in [0.15, 0.2) is 65.5 Å². The smallest absolute Gasteiger partial charge is 0.249 e. The fourth-order valence-electron chi connectivity index (χ4n) is 2.06. The molecule has 0 spiro atoms. The van der Waals surface area contributed by atoms with E-state index in [1.807, 2.05) is 54.6 Å². The molecule has 3 nitrogen and oxygen atoms in total. The summed E-state index contributed by atoms with van der Waals surface area (Å²) in [6.45, 7) is 0. The van der Waals surface area contributed by atoms with Gasteiger partial charge in [0.15, 0.2) is 0 Å². The minimum atomic E-state index is -0.0671. The zero-order chi connectivity index (χ0) is 11.7. The van der Waals surface area contributed by atoms with Crippen LogP contribution in [0.1, 0.15) is 0 Å². The number of fused-ring (bicyclic) bond motifs is 1. The molecule has 3 N–H and O–H groups in total. The molecular weight excluding hydrogens is 226 g/mol. The number of nitrogens with one attached hydrogen (secondary N) is 1. The third-order valence-electron chi connectivity index (χ3n) is 2.84. The van der Waals surface area contributed by atoms with Gasteiger partial charge in [0.05, 0.1) is 0 Å². The van der Waals surface area contributed by atoms with E-state index in [9.17, 15) is 4.79 Å². The van der Waals surface area contributed by atoms with Crippen LogP contribution in [0.5, 0.6) is 0 Å². The van der Waals surface area contributed by atoms with Crippen molar-refractivity contribution >= 4 is 10.9 Å². The quantitative estimate of drug-likeness (QED) is 0.696. The molecule has 3 aromatic rings. The highest BCUT2D eigenvalue weighted by molar-refractivity contribution is 5.94. The topological polar surface area (TPSA) is 64.4 Å².